The molecule has 26 heavy (non-hydrogen) atoms. The molecule has 0 amide bonds. The first-order valence-electron chi connectivity index (χ1n) is 8.59. The summed E-state index contributed by atoms with van der Waals surface area (Å²) < 4.78 is 5.34. The number of nitro benzene ring substituents is 1. The normalized spacial score (nSPS) is 14.8. The van der Waals surface area contributed by atoms with Crippen molar-refractivity contribution in [2.24, 2.45) is 0 Å². The zero-order valence-electron chi connectivity index (χ0n) is 14.4. The number of ether oxygens (including phenoxy) is 1. The van der Waals surface area contributed by atoms with Crippen molar-refractivity contribution in [2.45, 2.75) is 6.42 Å². The van der Waals surface area contributed by atoms with E-state index in [0.717, 1.165) is 51.6 Å². The molecule has 3 rings (SSSR count). The molecular weight excluding hydrogens is 336 g/mol. The largest absolute Gasteiger partial charge is 0.379 e. The smallest absolute Gasteiger partial charge is 0.271 e. The minimum Gasteiger partial charge on any atom is -0.379 e. The molecule has 0 spiro atoms. The molecule has 2 aromatic rings. The molecular formula is C17H22N6O3. The molecule has 138 valence electrons. The van der Waals surface area contributed by atoms with Crippen LogP contribution in [0.5, 0.6) is 0 Å². The van der Waals surface area contributed by atoms with Crippen LogP contribution < -0.4 is 10.6 Å². The van der Waals surface area contributed by atoms with Gasteiger partial charge < -0.3 is 15.4 Å². The molecule has 9 heteroatoms. The van der Waals surface area contributed by atoms with E-state index >= 15 is 0 Å². The Morgan fingerprint density at radius 1 is 1.27 bits per heavy atom. The third-order valence-electron chi connectivity index (χ3n) is 4.03. The van der Waals surface area contributed by atoms with Crippen LogP contribution in [-0.4, -0.2) is 59.2 Å². The number of benzene rings is 1. The summed E-state index contributed by atoms with van der Waals surface area (Å²) >= 11 is 0. The van der Waals surface area contributed by atoms with Crippen LogP contribution >= 0.6 is 0 Å². The SMILES string of the molecule is O=[N+]([O-])c1cccc(Nc2nccc(NCCCN3CCOCC3)n2)c1. The number of non-ortho nitro benzene ring substituents is 1. The number of nitro groups is 1. The molecule has 1 aliphatic heterocycles. The van der Waals surface area contributed by atoms with Gasteiger partial charge in [0.25, 0.3) is 5.69 Å². The number of hydrogen-bond donors (Lipinski definition) is 2. The Morgan fingerprint density at radius 3 is 2.92 bits per heavy atom. The van der Waals surface area contributed by atoms with Gasteiger partial charge in [0.05, 0.1) is 18.1 Å². The average molecular weight is 358 g/mol. The van der Waals surface area contributed by atoms with Gasteiger partial charge in [0, 0.05) is 43.7 Å². The van der Waals surface area contributed by atoms with Crippen LogP contribution in [0.3, 0.4) is 0 Å². The topological polar surface area (TPSA) is 105 Å². The standard InChI is InChI=1S/C17H22N6O3/c24-23(25)15-4-1-3-14(13-15)20-17-19-7-5-16(21-17)18-6-2-8-22-9-11-26-12-10-22/h1,3-5,7,13H,2,6,8-12H2,(H2,18,19,20,21). The highest BCUT2D eigenvalue weighted by Crippen LogP contribution is 2.20. The van der Waals surface area contributed by atoms with Crippen LogP contribution in [0.2, 0.25) is 0 Å². The second-order valence-electron chi connectivity index (χ2n) is 5.93. The fourth-order valence-electron chi connectivity index (χ4n) is 2.69. The van der Waals surface area contributed by atoms with Crippen LogP contribution in [0.25, 0.3) is 0 Å². The average Bonchev–Trinajstić information content (AvgIpc) is 2.67. The number of morpholine rings is 1. The molecule has 1 aromatic heterocycles. The Kier molecular flexibility index (Phi) is 6.29. The van der Waals surface area contributed by atoms with Gasteiger partial charge in [-0.05, 0) is 25.1 Å². The lowest BCUT2D eigenvalue weighted by Crippen LogP contribution is -2.37. The quantitative estimate of drug-likeness (QED) is 0.420. The van der Waals surface area contributed by atoms with Gasteiger partial charge in [-0.15, -0.1) is 0 Å². The number of rotatable bonds is 8. The zero-order chi connectivity index (χ0) is 18.2. The third kappa shape index (κ3) is 5.36. The van der Waals surface area contributed by atoms with Gasteiger partial charge in [0.1, 0.15) is 5.82 Å². The molecule has 1 aromatic carbocycles. The Morgan fingerprint density at radius 2 is 2.12 bits per heavy atom. The van der Waals surface area contributed by atoms with Crippen molar-refractivity contribution in [1.82, 2.24) is 14.9 Å². The highest BCUT2D eigenvalue weighted by Gasteiger charge is 2.09. The summed E-state index contributed by atoms with van der Waals surface area (Å²) in [6, 6.07) is 8.05. The molecule has 9 nitrogen and oxygen atoms in total. The summed E-state index contributed by atoms with van der Waals surface area (Å²) in [7, 11) is 0. The first-order chi connectivity index (χ1) is 12.7. The molecule has 1 aliphatic rings. The van der Waals surface area contributed by atoms with Crippen molar-refractivity contribution in [1.29, 1.82) is 0 Å². The van der Waals surface area contributed by atoms with E-state index in [2.05, 4.69) is 25.5 Å². The second kappa shape index (κ2) is 9.07. The Labute approximate surface area is 151 Å². The van der Waals surface area contributed by atoms with Gasteiger partial charge >= 0.3 is 0 Å². The van der Waals surface area contributed by atoms with Gasteiger partial charge in [-0.2, -0.15) is 4.98 Å². The number of nitrogens with one attached hydrogen (secondary N) is 2. The lowest BCUT2D eigenvalue weighted by Gasteiger charge is -2.26. The third-order valence-corrected chi connectivity index (χ3v) is 4.03. The number of nitrogens with zero attached hydrogens (tertiary/aromatic N) is 4. The number of hydrogen-bond acceptors (Lipinski definition) is 8. The monoisotopic (exact) mass is 358 g/mol. The summed E-state index contributed by atoms with van der Waals surface area (Å²) in [6.45, 7) is 5.44. The maximum atomic E-state index is 10.8. The van der Waals surface area contributed by atoms with Crippen LogP contribution in [0.4, 0.5) is 23.1 Å². The Bertz CT molecular complexity index is 736. The summed E-state index contributed by atoms with van der Waals surface area (Å²) in [5, 5.41) is 17.1. The predicted octanol–water partition coefficient (Wildman–Crippen LogP) is 2.26. The first kappa shape index (κ1) is 18.0. The first-order valence-corrected chi connectivity index (χ1v) is 8.59. The maximum Gasteiger partial charge on any atom is 0.271 e. The Balaban J connectivity index is 1.49. The van der Waals surface area contributed by atoms with E-state index in [9.17, 15) is 10.1 Å². The summed E-state index contributed by atoms with van der Waals surface area (Å²) in [6.07, 6.45) is 2.66. The maximum absolute atomic E-state index is 10.8. The number of aromatic nitrogens is 2. The van der Waals surface area contributed by atoms with Crippen LogP contribution in [0, 0.1) is 10.1 Å². The fourth-order valence-corrected chi connectivity index (χ4v) is 2.69. The second-order valence-corrected chi connectivity index (χ2v) is 5.93. The van der Waals surface area contributed by atoms with Gasteiger partial charge in [-0.1, -0.05) is 6.07 Å². The lowest BCUT2D eigenvalue weighted by atomic mass is 10.3. The van der Waals surface area contributed by atoms with Crippen LogP contribution in [0.15, 0.2) is 36.5 Å². The van der Waals surface area contributed by atoms with E-state index in [1.54, 1.807) is 24.4 Å². The minimum atomic E-state index is -0.432. The molecule has 2 N–H and O–H groups in total. The molecule has 2 heterocycles. The molecule has 0 unspecified atom stereocenters. The summed E-state index contributed by atoms with van der Waals surface area (Å²) in [5.41, 5.74) is 0.594. The van der Waals surface area contributed by atoms with Crippen molar-refractivity contribution in [3.63, 3.8) is 0 Å². The van der Waals surface area contributed by atoms with Crippen LogP contribution in [-0.2, 0) is 4.74 Å². The Hall–Kier alpha value is -2.78. The molecule has 1 saturated heterocycles. The van der Waals surface area contributed by atoms with Gasteiger partial charge in [0.15, 0.2) is 0 Å². The fraction of sp³-hybridized carbons (Fsp3) is 0.412. The van der Waals surface area contributed by atoms with E-state index in [4.69, 9.17) is 4.74 Å². The molecule has 0 atom stereocenters. The van der Waals surface area contributed by atoms with Crippen LogP contribution in [0.1, 0.15) is 6.42 Å². The van der Waals surface area contributed by atoms with E-state index in [1.807, 2.05) is 0 Å². The van der Waals surface area contributed by atoms with Crippen molar-refractivity contribution >= 4 is 23.1 Å². The van der Waals surface area contributed by atoms with Crippen molar-refractivity contribution in [2.75, 3.05) is 50.0 Å². The highest BCUT2D eigenvalue weighted by atomic mass is 16.6. The van der Waals surface area contributed by atoms with Gasteiger partial charge in [0.2, 0.25) is 5.95 Å². The summed E-state index contributed by atoms with van der Waals surface area (Å²) in [5.74, 6) is 1.11. The van der Waals surface area contributed by atoms with Crippen molar-refractivity contribution in [3.8, 4) is 0 Å². The summed E-state index contributed by atoms with van der Waals surface area (Å²) in [4.78, 5) is 21.4. The van der Waals surface area contributed by atoms with Crippen molar-refractivity contribution in [3.05, 3.63) is 46.6 Å². The van der Waals surface area contributed by atoms with E-state index < -0.39 is 4.92 Å². The highest BCUT2D eigenvalue weighted by molar-refractivity contribution is 5.58. The van der Waals surface area contributed by atoms with Gasteiger partial charge in [-0.25, -0.2) is 4.98 Å². The molecule has 0 aliphatic carbocycles. The predicted molar refractivity (Wildman–Crippen MR) is 98.8 cm³/mol. The van der Waals surface area contributed by atoms with E-state index in [0.29, 0.717) is 11.6 Å². The molecule has 0 saturated carbocycles. The zero-order valence-corrected chi connectivity index (χ0v) is 14.4. The van der Waals surface area contributed by atoms with E-state index in [-0.39, 0.29) is 5.69 Å². The van der Waals surface area contributed by atoms with Crippen molar-refractivity contribution < 1.29 is 9.66 Å². The number of anilines is 3. The minimum absolute atomic E-state index is 0.0207. The van der Waals surface area contributed by atoms with E-state index in [1.165, 1.54) is 12.1 Å². The molecule has 0 radical (unpaired) electrons. The molecule has 0 bridgehead atoms. The molecule has 1 fully saturated rings. The lowest BCUT2D eigenvalue weighted by molar-refractivity contribution is -0.384. The van der Waals surface area contributed by atoms with Gasteiger partial charge in [-0.3, -0.25) is 15.0 Å².